The van der Waals surface area contributed by atoms with Crippen molar-refractivity contribution >= 4 is 27.3 Å². The van der Waals surface area contributed by atoms with E-state index in [0.717, 1.165) is 27.1 Å². The molecule has 1 heterocycles. The Labute approximate surface area is 119 Å². The summed E-state index contributed by atoms with van der Waals surface area (Å²) in [7, 11) is 0. The zero-order valence-corrected chi connectivity index (χ0v) is 12.5. The predicted molar refractivity (Wildman–Crippen MR) is 79.2 cm³/mol. The second-order valence-corrected chi connectivity index (χ2v) is 6.25. The number of hydrogen-bond acceptors (Lipinski definition) is 2. The lowest BCUT2D eigenvalue weighted by Gasteiger charge is -2.06. The fourth-order valence-corrected chi connectivity index (χ4v) is 3.24. The molecule has 0 spiro atoms. The lowest BCUT2D eigenvalue weighted by atomic mass is 10.1. The Bertz CT molecular complexity index is 538. The van der Waals surface area contributed by atoms with E-state index in [2.05, 4.69) is 22.9 Å². The number of nitrogens with two attached hydrogens (primary N) is 1. The monoisotopic (exact) mass is 327 g/mol. The first-order valence-electron chi connectivity index (χ1n) is 5.92. The van der Waals surface area contributed by atoms with Gasteiger partial charge in [0.15, 0.2) is 0 Å². The Morgan fingerprint density at radius 1 is 1.33 bits per heavy atom. The van der Waals surface area contributed by atoms with Crippen molar-refractivity contribution < 1.29 is 4.39 Å². The Kier molecular flexibility index (Phi) is 4.54. The molecule has 96 valence electrons. The molecule has 0 amide bonds. The summed E-state index contributed by atoms with van der Waals surface area (Å²) < 4.78 is 14.6. The van der Waals surface area contributed by atoms with Gasteiger partial charge in [0.2, 0.25) is 0 Å². The molecule has 2 aromatic rings. The fraction of sp³-hybridized carbons (Fsp3) is 0.286. The molecule has 0 saturated carbocycles. The zero-order valence-electron chi connectivity index (χ0n) is 10.1. The maximum atomic E-state index is 13.8. The fourth-order valence-electron chi connectivity index (χ4n) is 1.84. The summed E-state index contributed by atoms with van der Waals surface area (Å²) in [5, 5.41) is 0. The van der Waals surface area contributed by atoms with Crippen LogP contribution < -0.4 is 5.73 Å². The van der Waals surface area contributed by atoms with Crippen LogP contribution in [0.5, 0.6) is 0 Å². The summed E-state index contributed by atoms with van der Waals surface area (Å²) in [5.74, 6) is -0.207. The van der Waals surface area contributed by atoms with Crippen LogP contribution in [-0.4, -0.2) is 0 Å². The molecule has 2 rings (SSSR count). The van der Waals surface area contributed by atoms with Gasteiger partial charge in [-0.25, -0.2) is 4.39 Å². The van der Waals surface area contributed by atoms with E-state index in [1.165, 1.54) is 6.07 Å². The molecule has 1 aromatic heterocycles. The molecule has 0 bridgehead atoms. The van der Waals surface area contributed by atoms with Crippen LogP contribution in [0.25, 0.3) is 10.4 Å². The van der Waals surface area contributed by atoms with Crippen molar-refractivity contribution in [1.29, 1.82) is 0 Å². The molecule has 0 radical (unpaired) electrons. The van der Waals surface area contributed by atoms with Crippen molar-refractivity contribution in [2.75, 3.05) is 0 Å². The van der Waals surface area contributed by atoms with E-state index in [-0.39, 0.29) is 11.9 Å². The highest BCUT2D eigenvalue weighted by Crippen LogP contribution is 2.34. The molecule has 1 nitrogen and oxygen atoms in total. The molecular weight excluding hydrogens is 313 g/mol. The third-order valence-corrected chi connectivity index (χ3v) is 4.53. The SMILES string of the molecule is CCCC(N)c1ccc(-c2ccc(Br)cc2F)s1. The van der Waals surface area contributed by atoms with Gasteiger partial charge in [0.25, 0.3) is 0 Å². The first-order chi connectivity index (χ1) is 8.61. The van der Waals surface area contributed by atoms with Crippen LogP contribution in [0.2, 0.25) is 0 Å². The van der Waals surface area contributed by atoms with E-state index in [0.29, 0.717) is 5.56 Å². The van der Waals surface area contributed by atoms with E-state index in [9.17, 15) is 4.39 Å². The van der Waals surface area contributed by atoms with E-state index in [1.54, 1.807) is 17.4 Å². The van der Waals surface area contributed by atoms with Crippen LogP contribution in [-0.2, 0) is 0 Å². The minimum Gasteiger partial charge on any atom is -0.323 e. The van der Waals surface area contributed by atoms with Gasteiger partial charge in [-0.3, -0.25) is 0 Å². The largest absolute Gasteiger partial charge is 0.323 e. The van der Waals surface area contributed by atoms with Crippen molar-refractivity contribution in [1.82, 2.24) is 0 Å². The molecule has 1 aromatic carbocycles. The Morgan fingerprint density at radius 2 is 2.11 bits per heavy atom. The van der Waals surface area contributed by atoms with Gasteiger partial charge in [0.05, 0.1) is 0 Å². The quantitative estimate of drug-likeness (QED) is 0.828. The van der Waals surface area contributed by atoms with Crippen LogP contribution in [0.3, 0.4) is 0 Å². The van der Waals surface area contributed by atoms with Crippen molar-refractivity contribution in [3.8, 4) is 10.4 Å². The van der Waals surface area contributed by atoms with Crippen molar-refractivity contribution in [2.24, 2.45) is 5.73 Å². The van der Waals surface area contributed by atoms with Gasteiger partial charge in [-0.05, 0) is 36.8 Å². The smallest absolute Gasteiger partial charge is 0.132 e. The molecule has 18 heavy (non-hydrogen) atoms. The highest BCUT2D eigenvalue weighted by atomic mass is 79.9. The number of thiophene rings is 1. The van der Waals surface area contributed by atoms with Gasteiger partial charge in [0.1, 0.15) is 5.82 Å². The predicted octanol–water partition coefficient (Wildman–Crippen LogP) is 5.12. The summed E-state index contributed by atoms with van der Waals surface area (Å²) in [6, 6.07) is 9.14. The maximum Gasteiger partial charge on any atom is 0.132 e. The topological polar surface area (TPSA) is 26.0 Å². The van der Waals surface area contributed by atoms with Crippen molar-refractivity contribution in [2.45, 2.75) is 25.8 Å². The molecule has 0 aliphatic rings. The molecule has 0 fully saturated rings. The zero-order chi connectivity index (χ0) is 13.1. The van der Waals surface area contributed by atoms with Gasteiger partial charge in [-0.2, -0.15) is 0 Å². The molecule has 4 heteroatoms. The molecule has 1 atom stereocenters. The number of rotatable bonds is 4. The van der Waals surface area contributed by atoms with Crippen LogP contribution in [0.1, 0.15) is 30.7 Å². The number of halogens is 2. The summed E-state index contributed by atoms with van der Waals surface area (Å²) in [4.78, 5) is 2.05. The summed E-state index contributed by atoms with van der Waals surface area (Å²) >= 11 is 4.83. The summed E-state index contributed by atoms with van der Waals surface area (Å²) in [5.41, 5.74) is 6.71. The van der Waals surface area contributed by atoms with Crippen LogP contribution in [0.15, 0.2) is 34.8 Å². The van der Waals surface area contributed by atoms with E-state index in [4.69, 9.17) is 5.73 Å². The average Bonchev–Trinajstić information content (AvgIpc) is 2.78. The maximum absolute atomic E-state index is 13.8. The van der Waals surface area contributed by atoms with Gasteiger partial charge >= 0.3 is 0 Å². The van der Waals surface area contributed by atoms with Crippen molar-refractivity contribution in [3.05, 3.63) is 45.5 Å². The van der Waals surface area contributed by atoms with Crippen molar-refractivity contribution in [3.63, 3.8) is 0 Å². The second kappa shape index (κ2) is 5.95. The summed E-state index contributed by atoms with van der Waals surface area (Å²) in [6.07, 6.45) is 2.02. The molecule has 0 aliphatic carbocycles. The highest BCUT2D eigenvalue weighted by Gasteiger charge is 2.12. The molecule has 1 unspecified atom stereocenters. The first-order valence-corrected chi connectivity index (χ1v) is 7.53. The third-order valence-electron chi connectivity index (χ3n) is 2.79. The Hall–Kier alpha value is -0.710. The first kappa shape index (κ1) is 13.7. The lowest BCUT2D eigenvalue weighted by molar-refractivity contribution is 0.631. The second-order valence-electron chi connectivity index (χ2n) is 4.22. The van der Waals surface area contributed by atoms with Gasteiger partial charge in [-0.15, -0.1) is 11.3 Å². The average molecular weight is 328 g/mol. The van der Waals surface area contributed by atoms with Crippen LogP contribution >= 0.6 is 27.3 Å². The standard InChI is InChI=1S/C14H15BrFNS/c1-2-3-12(17)14-7-6-13(18-14)10-5-4-9(15)8-11(10)16/h4-8,12H,2-3,17H2,1H3. The Morgan fingerprint density at radius 3 is 2.78 bits per heavy atom. The molecule has 2 N–H and O–H groups in total. The highest BCUT2D eigenvalue weighted by molar-refractivity contribution is 9.10. The molecule has 0 aliphatic heterocycles. The van der Waals surface area contributed by atoms with E-state index >= 15 is 0 Å². The Balaban J connectivity index is 2.29. The van der Waals surface area contributed by atoms with Gasteiger partial charge < -0.3 is 5.73 Å². The van der Waals surface area contributed by atoms with Crippen LogP contribution in [0.4, 0.5) is 4.39 Å². The number of hydrogen-bond donors (Lipinski definition) is 1. The van der Waals surface area contributed by atoms with Gasteiger partial charge in [-0.1, -0.05) is 29.3 Å². The normalized spacial score (nSPS) is 12.7. The summed E-state index contributed by atoms with van der Waals surface area (Å²) in [6.45, 7) is 2.11. The van der Waals surface area contributed by atoms with Crippen LogP contribution in [0, 0.1) is 5.82 Å². The minimum atomic E-state index is -0.207. The van der Waals surface area contributed by atoms with Gasteiger partial charge in [0, 0.05) is 25.8 Å². The lowest BCUT2D eigenvalue weighted by Crippen LogP contribution is -2.07. The minimum absolute atomic E-state index is 0.0623. The third kappa shape index (κ3) is 2.99. The molecule has 0 saturated heterocycles. The molecular formula is C14H15BrFNS. The van der Waals surface area contributed by atoms with E-state index < -0.39 is 0 Å². The van der Waals surface area contributed by atoms with E-state index in [1.807, 2.05) is 18.2 Å². The number of benzene rings is 1.